The lowest BCUT2D eigenvalue weighted by atomic mass is 10.1. The zero-order valence-corrected chi connectivity index (χ0v) is 10.9. The lowest BCUT2D eigenvalue weighted by Gasteiger charge is -2.15. The molecule has 2 rings (SSSR count). The third-order valence-corrected chi connectivity index (χ3v) is 5.00. The van der Waals surface area contributed by atoms with Crippen LogP contribution in [0.25, 0.3) is 0 Å². The van der Waals surface area contributed by atoms with Gasteiger partial charge >= 0.3 is 5.97 Å². The minimum atomic E-state index is -3.47. The zero-order valence-electron chi connectivity index (χ0n) is 10.1. The van der Waals surface area contributed by atoms with Gasteiger partial charge in [0.15, 0.2) is 0 Å². The van der Waals surface area contributed by atoms with Crippen LogP contribution in [0.3, 0.4) is 0 Å². The Morgan fingerprint density at radius 1 is 1.56 bits per heavy atom. The zero-order chi connectivity index (χ0) is 13.3. The summed E-state index contributed by atoms with van der Waals surface area (Å²) >= 11 is 0. The molecule has 1 atom stereocenters. The van der Waals surface area contributed by atoms with E-state index in [1.54, 1.807) is 30.1 Å². The number of hydrogen-bond donors (Lipinski definition) is 1. The van der Waals surface area contributed by atoms with Gasteiger partial charge in [0.2, 0.25) is 10.0 Å². The molecule has 6 nitrogen and oxygen atoms in total. The first-order valence-electron chi connectivity index (χ1n) is 5.73. The number of aromatic nitrogens is 1. The molecule has 1 aromatic heterocycles. The van der Waals surface area contributed by atoms with E-state index in [2.05, 4.69) is 0 Å². The van der Waals surface area contributed by atoms with Crippen LogP contribution in [0.5, 0.6) is 0 Å². The van der Waals surface area contributed by atoms with Crippen LogP contribution in [0.1, 0.15) is 12.8 Å². The predicted octanol–water partition coefficient (Wildman–Crippen LogP) is 0.510. The van der Waals surface area contributed by atoms with Crippen molar-refractivity contribution in [3.05, 3.63) is 18.5 Å². The van der Waals surface area contributed by atoms with Gasteiger partial charge in [-0.2, -0.15) is 4.31 Å². The van der Waals surface area contributed by atoms with E-state index in [0.717, 1.165) is 0 Å². The Kier molecular flexibility index (Phi) is 3.45. The summed E-state index contributed by atoms with van der Waals surface area (Å²) in [5.41, 5.74) is 0. The summed E-state index contributed by atoms with van der Waals surface area (Å²) in [6.45, 7) is 0.693. The summed E-state index contributed by atoms with van der Waals surface area (Å²) in [6.07, 6.45) is 3.87. The number of aliphatic carboxylic acids is 1. The van der Waals surface area contributed by atoms with Crippen molar-refractivity contribution in [2.75, 3.05) is 13.1 Å². The fourth-order valence-electron chi connectivity index (χ4n) is 2.21. The second kappa shape index (κ2) is 4.74. The van der Waals surface area contributed by atoms with Crippen molar-refractivity contribution in [3.8, 4) is 0 Å². The van der Waals surface area contributed by atoms with Gasteiger partial charge in [0, 0.05) is 39.0 Å². The molecular weight excluding hydrogens is 256 g/mol. The first-order valence-corrected chi connectivity index (χ1v) is 7.17. The van der Waals surface area contributed by atoms with Crippen LogP contribution < -0.4 is 0 Å². The Hall–Kier alpha value is -1.34. The SMILES string of the molecule is Cn1ccc(S(=O)(=O)N2CCC(CC(=O)O)C2)c1. The van der Waals surface area contributed by atoms with Crippen molar-refractivity contribution in [2.45, 2.75) is 17.7 Å². The largest absolute Gasteiger partial charge is 0.481 e. The van der Waals surface area contributed by atoms with E-state index in [1.165, 1.54) is 4.31 Å². The lowest BCUT2D eigenvalue weighted by Crippen LogP contribution is -2.29. The van der Waals surface area contributed by atoms with Gasteiger partial charge in [-0.1, -0.05) is 0 Å². The molecule has 7 heteroatoms. The highest BCUT2D eigenvalue weighted by Crippen LogP contribution is 2.26. The normalized spacial score (nSPS) is 21.3. The highest BCUT2D eigenvalue weighted by atomic mass is 32.2. The molecule has 1 fully saturated rings. The molecule has 0 saturated carbocycles. The van der Waals surface area contributed by atoms with Crippen molar-refractivity contribution >= 4 is 16.0 Å². The van der Waals surface area contributed by atoms with Gasteiger partial charge in [0.25, 0.3) is 0 Å². The molecule has 1 aromatic rings. The molecule has 1 aliphatic rings. The number of hydrogen-bond acceptors (Lipinski definition) is 3. The van der Waals surface area contributed by atoms with E-state index >= 15 is 0 Å². The van der Waals surface area contributed by atoms with Gasteiger partial charge in [-0.25, -0.2) is 8.42 Å². The summed E-state index contributed by atoms with van der Waals surface area (Å²) in [5, 5.41) is 8.71. The van der Waals surface area contributed by atoms with Crippen LogP contribution in [-0.2, 0) is 21.9 Å². The Labute approximate surface area is 106 Å². The maximum atomic E-state index is 12.2. The molecule has 1 N–H and O–H groups in total. The van der Waals surface area contributed by atoms with Gasteiger partial charge < -0.3 is 9.67 Å². The number of carboxylic acid groups (broad SMARTS) is 1. The molecule has 100 valence electrons. The lowest BCUT2D eigenvalue weighted by molar-refractivity contribution is -0.137. The Morgan fingerprint density at radius 2 is 2.28 bits per heavy atom. The summed E-state index contributed by atoms with van der Waals surface area (Å²) in [7, 11) is -1.71. The minimum Gasteiger partial charge on any atom is -0.481 e. The van der Waals surface area contributed by atoms with Crippen molar-refractivity contribution in [1.82, 2.24) is 8.87 Å². The molecular formula is C11H16N2O4S. The summed E-state index contributed by atoms with van der Waals surface area (Å²) in [6, 6.07) is 1.56. The molecule has 1 aliphatic heterocycles. The van der Waals surface area contributed by atoms with Crippen LogP contribution in [0.4, 0.5) is 0 Å². The maximum Gasteiger partial charge on any atom is 0.303 e. The number of nitrogens with zero attached hydrogens (tertiary/aromatic N) is 2. The van der Waals surface area contributed by atoms with Gasteiger partial charge in [0.05, 0.1) is 4.90 Å². The molecule has 0 aromatic carbocycles. The predicted molar refractivity (Wildman–Crippen MR) is 64.5 cm³/mol. The number of rotatable bonds is 4. The van der Waals surface area contributed by atoms with Crippen molar-refractivity contribution < 1.29 is 18.3 Å². The van der Waals surface area contributed by atoms with Crippen molar-refractivity contribution in [2.24, 2.45) is 13.0 Å². The second-order valence-corrected chi connectivity index (χ2v) is 6.57. The first-order chi connectivity index (χ1) is 8.39. The molecule has 18 heavy (non-hydrogen) atoms. The quantitative estimate of drug-likeness (QED) is 0.866. The fourth-order valence-corrected chi connectivity index (χ4v) is 3.79. The average molecular weight is 272 g/mol. The first kappa shape index (κ1) is 13.1. The Bertz CT molecular complexity index is 549. The topological polar surface area (TPSA) is 79.6 Å². The van der Waals surface area contributed by atoms with Crippen molar-refractivity contribution in [1.29, 1.82) is 0 Å². The number of sulfonamides is 1. The molecule has 0 bridgehead atoms. The number of carbonyl (C=O) groups is 1. The van der Waals surface area contributed by atoms with Gasteiger partial charge in [-0.3, -0.25) is 4.79 Å². The standard InChI is InChI=1S/C11H16N2O4S/c1-12-4-3-10(8-12)18(16,17)13-5-2-9(7-13)6-11(14)15/h3-4,8-9H,2,5-7H2,1H3,(H,14,15). The third kappa shape index (κ3) is 2.56. The van der Waals surface area contributed by atoms with Crippen molar-refractivity contribution in [3.63, 3.8) is 0 Å². The smallest absolute Gasteiger partial charge is 0.303 e. The average Bonchev–Trinajstić information content (AvgIpc) is 2.86. The highest BCUT2D eigenvalue weighted by molar-refractivity contribution is 7.89. The van der Waals surface area contributed by atoms with Crippen LogP contribution >= 0.6 is 0 Å². The highest BCUT2D eigenvalue weighted by Gasteiger charge is 2.33. The van der Waals surface area contributed by atoms with Gasteiger partial charge in [-0.15, -0.1) is 0 Å². The molecule has 1 saturated heterocycles. The fraction of sp³-hybridized carbons (Fsp3) is 0.545. The molecule has 0 aliphatic carbocycles. The van der Waals surface area contributed by atoms with Crippen LogP contribution in [0, 0.1) is 5.92 Å². The van der Waals surface area contributed by atoms with Crippen LogP contribution in [-0.4, -0.2) is 41.5 Å². The molecule has 2 heterocycles. The summed E-state index contributed by atoms with van der Waals surface area (Å²) in [4.78, 5) is 10.9. The molecule has 0 spiro atoms. The van der Waals surface area contributed by atoms with Gasteiger partial charge in [0.1, 0.15) is 0 Å². The van der Waals surface area contributed by atoms with E-state index in [9.17, 15) is 13.2 Å². The number of carboxylic acids is 1. The third-order valence-electron chi connectivity index (χ3n) is 3.15. The minimum absolute atomic E-state index is 0.0286. The van der Waals surface area contributed by atoms with Gasteiger partial charge in [-0.05, 0) is 18.4 Å². The Morgan fingerprint density at radius 3 is 2.83 bits per heavy atom. The summed E-state index contributed by atoms with van der Waals surface area (Å²) in [5.74, 6) is -0.958. The van der Waals surface area contributed by atoms with E-state index < -0.39 is 16.0 Å². The van der Waals surface area contributed by atoms with E-state index in [0.29, 0.717) is 19.5 Å². The van der Waals surface area contributed by atoms with E-state index in [4.69, 9.17) is 5.11 Å². The van der Waals surface area contributed by atoms with Crippen LogP contribution in [0.15, 0.2) is 23.4 Å². The Balaban J connectivity index is 2.11. The van der Waals surface area contributed by atoms with E-state index in [-0.39, 0.29) is 17.2 Å². The summed E-state index contributed by atoms with van der Waals surface area (Å²) < 4.78 is 27.5. The second-order valence-electron chi connectivity index (χ2n) is 4.63. The maximum absolute atomic E-state index is 12.2. The van der Waals surface area contributed by atoms with E-state index in [1.807, 2.05) is 0 Å². The molecule has 1 unspecified atom stereocenters. The monoisotopic (exact) mass is 272 g/mol. The van der Waals surface area contributed by atoms with Crippen LogP contribution in [0.2, 0.25) is 0 Å². The molecule has 0 amide bonds. The number of aryl methyl sites for hydroxylation is 1. The molecule has 0 radical (unpaired) electrons.